The van der Waals surface area contributed by atoms with Crippen molar-refractivity contribution in [3.05, 3.63) is 23.5 Å². The lowest BCUT2D eigenvalue weighted by Gasteiger charge is -2.06. The molecule has 2 N–H and O–H groups in total. The van der Waals surface area contributed by atoms with Crippen molar-refractivity contribution in [2.24, 2.45) is 5.73 Å². The van der Waals surface area contributed by atoms with Crippen molar-refractivity contribution in [3.63, 3.8) is 0 Å². The maximum atomic E-state index is 12.1. The van der Waals surface area contributed by atoms with Crippen molar-refractivity contribution in [2.45, 2.75) is 6.18 Å². The molecular weight excluding hydrogens is 187 g/mol. The largest absolute Gasteiger partial charge is 0.435 e. The van der Waals surface area contributed by atoms with E-state index in [1.165, 1.54) is 0 Å². The van der Waals surface area contributed by atoms with Crippen LogP contribution in [0, 0.1) is 0 Å². The molecule has 0 unspecified atom stereocenters. The molecule has 1 amide bonds. The van der Waals surface area contributed by atoms with E-state index in [0.29, 0.717) is 0 Å². The molecule has 0 saturated carbocycles. The summed E-state index contributed by atoms with van der Waals surface area (Å²) in [6.07, 6.45) is -3.74. The number of carbonyl (C=O) groups is 1. The molecule has 0 bridgehead atoms. The average Bonchev–Trinajstić information content (AvgIpc) is 2.03. The molecule has 0 spiro atoms. The molecule has 7 heteroatoms. The Labute approximate surface area is 70.6 Å². The summed E-state index contributed by atoms with van der Waals surface area (Å²) in [5, 5.41) is 5.81. The van der Waals surface area contributed by atoms with Gasteiger partial charge >= 0.3 is 6.18 Å². The van der Waals surface area contributed by atoms with Crippen molar-refractivity contribution in [1.29, 1.82) is 0 Å². The van der Waals surface area contributed by atoms with Gasteiger partial charge in [-0.2, -0.15) is 18.3 Å². The molecule has 4 nitrogen and oxygen atoms in total. The Balaban J connectivity index is 3.28. The Morgan fingerprint density at radius 3 is 2.46 bits per heavy atom. The number of rotatable bonds is 1. The highest BCUT2D eigenvalue weighted by Gasteiger charge is 2.37. The first-order valence-corrected chi connectivity index (χ1v) is 3.11. The van der Waals surface area contributed by atoms with Crippen LogP contribution in [0.15, 0.2) is 12.3 Å². The normalized spacial score (nSPS) is 11.3. The van der Waals surface area contributed by atoms with Crippen LogP contribution in [0.2, 0.25) is 0 Å². The molecule has 0 saturated heterocycles. The van der Waals surface area contributed by atoms with Crippen LogP contribution in [0.25, 0.3) is 0 Å². The van der Waals surface area contributed by atoms with E-state index in [1.54, 1.807) is 0 Å². The van der Waals surface area contributed by atoms with Crippen LogP contribution in [-0.2, 0) is 6.18 Å². The molecule has 0 atom stereocenters. The molecule has 1 aromatic rings. The van der Waals surface area contributed by atoms with Gasteiger partial charge in [0, 0.05) is 0 Å². The highest BCUT2D eigenvalue weighted by molar-refractivity contribution is 5.93. The van der Waals surface area contributed by atoms with Crippen LogP contribution in [-0.4, -0.2) is 16.1 Å². The van der Waals surface area contributed by atoms with Gasteiger partial charge in [-0.15, -0.1) is 5.10 Å². The number of halogens is 3. The Kier molecular flexibility index (Phi) is 2.18. The van der Waals surface area contributed by atoms with Crippen molar-refractivity contribution >= 4 is 5.91 Å². The summed E-state index contributed by atoms with van der Waals surface area (Å²) in [6, 6.07) is 0.873. The van der Waals surface area contributed by atoms with Crippen molar-refractivity contribution in [2.75, 3.05) is 0 Å². The Hall–Kier alpha value is -1.66. The van der Waals surface area contributed by atoms with Crippen LogP contribution < -0.4 is 5.73 Å². The Bertz CT molecular complexity index is 336. The molecule has 0 radical (unpaired) electrons. The van der Waals surface area contributed by atoms with E-state index in [-0.39, 0.29) is 0 Å². The standard InChI is InChI=1S/C6H4F3N3O/c7-6(8,9)4-3(5(10)13)1-2-11-12-4/h1-2H,(H2,10,13). The van der Waals surface area contributed by atoms with E-state index in [2.05, 4.69) is 10.2 Å². The fourth-order valence-electron chi connectivity index (χ4n) is 0.740. The maximum absolute atomic E-state index is 12.1. The molecule has 1 aromatic heterocycles. The van der Waals surface area contributed by atoms with E-state index in [0.717, 1.165) is 12.3 Å². The van der Waals surface area contributed by atoms with E-state index >= 15 is 0 Å². The SMILES string of the molecule is NC(=O)c1ccnnc1C(F)(F)F. The Morgan fingerprint density at radius 1 is 1.46 bits per heavy atom. The zero-order valence-electron chi connectivity index (χ0n) is 6.17. The minimum Gasteiger partial charge on any atom is -0.366 e. The number of nitrogens with two attached hydrogens (primary N) is 1. The number of amides is 1. The van der Waals surface area contributed by atoms with Crippen molar-refractivity contribution < 1.29 is 18.0 Å². The highest BCUT2D eigenvalue weighted by atomic mass is 19.4. The smallest absolute Gasteiger partial charge is 0.366 e. The number of nitrogens with zero attached hydrogens (tertiary/aromatic N) is 2. The van der Waals surface area contributed by atoms with Crippen molar-refractivity contribution in [3.8, 4) is 0 Å². The lowest BCUT2D eigenvalue weighted by molar-refractivity contribution is -0.142. The van der Waals surface area contributed by atoms with Gasteiger partial charge in [0.25, 0.3) is 5.91 Å². The van der Waals surface area contributed by atoms with Gasteiger partial charge < -0.3 is 5.73 Å². The van der Waals surface area contributed by atoms with Crippen LogP contribution in [0.1, 0.15) is 16.1 Å². The van der Waals surface area contributed by atoms with Crippen LogP contribution >= 0.6 is 0 Å². The molecule has 1 rings (SSSR count). The molecule has 0 aliphatic carbocycles. The van der Waals surface area contributed by atoms with Crippen LogP contribution in [0.5, 0.6) is 0 Å². The number of alkyl halides is 3. The average molecular weight is 191 g/mol. The van der Waals surface area contributed by atoms with Gasteiger partial charge in [0.15, 0.2) is 5.69 Å². The quantitative estimate of drug-likeness (QED) is 0.706. The first kappa shape index (κ1) is 9.43. The molecule has 13 heavy (non-hydrogen) atoms. The molecule has 1 heterocycles. The number of carbonyl (C=O) groups excluding carboxylic acids is 1. The summed E-state index contributed by atoms with van der Waals surface area (Å²) in [5.74, 6) is -1.18. The lowest BCUT2D eigenvalue weighted by Crippen LogP contribution is -2.20. The van der Waals surface area contributed by atoms with E-state index in [1.807, 2.05) is 0 Å². The van der Waals surface area contributed by atoms with E-state index in [4.69, 9.17) is 5.73 Å². The lowest BCUT2D eigenvalue weighted by atomic mass is 10.2. The van der Waals surface area contributed by atoms with Gasteiger partial charge in [-0.3, -0.25) is 4.79 Å². The third-order valence-corrected chi connectivity index (χ3v) is 1.25. The summed E-state index contributed by atoms with van der Waals surface area (Å²) < 4.78 is 36.3. The number of aromatic nitrogens is 2. The Morgan fingerprint density at radius 2 is 2.08 bits per heavy atom. The van der Waals surface area contributed by atoms with Crippen LogP contribution in [0.3, 0.4) is 0 Å². The summed E-state index contributed by atoms with van der Waals surface area (Å²) in [7, 11) is 0. The van der Waals surface area contributed by atoms with Gasteiger partial charge in [0.2, 0.25) is 0 Å². The number of primary amides is 1. The van der Waals surface area contributed by atoms with Gasteiger partial charge in [0.1, 0.15) is 0 Å². The minimum atomic E-state index is -4.71. The van der Waals surface area contributed by atoms with Gasteiger partial charge in [-0.05, 0) is 6.07 Å². The molecule has 0 aliphatic rings. The second-order valence-electron chi connectivity index (χ2n) is 2.16. The molecular formula is C6H4F3N3O. The molecule has 0 aliphatic heterocycles. The molecule has 70 valence electrons. The minimum absolute atomic E-state index is 0.678. The molecule has 0 fully saturated rings. The second kappa shape index (κ2) is 3.00. The summed E-state index contributed by atoms with van der Waals surface area (Å²) in [4.78, 5) is 10.5. The first-order valence-electron chi connectivity index (χ1n) is 3.11. The number of hydrogen-bond acceptors (Lipinski definition) is 3. The second-order valence-corrected chi connectivity index (χ2v) is 2.16. The zero-order valence-corrected chi connectivity index (χ0v) is 6.17. The summed E-state index contributed by atoms with van der Waals surface area (Å²) in [6.45, 7) is 0. The zero-order chi connectivity index (χ0) is 10.1. The summed E-state index contributed by atoms with van der Waals surface area (Å²) in [5.41, 5.74) is 2.67. The van der Waals surface area contributed by atoms with Crippen LogP contribution in [0.4, 0.5) is 13.2 Å². The first-order chi connectivity index (χ1) is 5.93. The predicted molar refractivity (Wildman–Crippen MR) is 35.6 cm³/mol. The summed E-state index contributed by atoms with van der Waals surface area (Å²) >= 11 is 0. The highest BCUT2D eigenvalue weighted by Crippen LogP contribution is 2.29. The fourth-order valence-corrected chi connectivity index (χ4v) is 0.740. The third kappa shape index (κ3) is 1.92. The van der Waals surface area contributed by atoms with Gasteiger partial charge in [0.05, 0.1) is 11.8 Å². The van der Waals surface area contributed by atoms with Gasteiger partial charge in [-0.1, -0.05) is 0 Å². The van der Waals surface area contributed by atoms with E-state index < -0.39 is 23.3 Å². The van der Waals surface area contributed by atoms with E-state index in [9.17, 15) is 18.0 Å². The fraction of sp³-hybridized carbons (Fsp3) is 0.167. The monoisotopic (exact) mass is 191 g/mol. The molecule has 0 aromatic carbocycles. The van der Waals surface area contributed by atoms with Crippen molar-refractivity contribution in [1.82, 2.24) is 10.2 Å². The maximum Gasteiger partial charge on any atom is 0.435 e. The third-order valence-electron chi connectivity index (χ3n) is 1.25. The number of hydrogen-bond donors (Lipinski definition) is 1. The predicted octanol–water partition coefficient (Wildman–Crippen LogP) is 0.594. The van der Waals surface area contributed by atoms with Gasteiger partial charge in [-0.25, -0.2) is 0 Å². The topological polar surface area (TPSA) is 68.9 Å².